The Hall–Kier alpha value is -1.59. The number of para-hydroxylation sites is 1. The SMILES string of the molecule is CCCCC(CC)COCCOOC(=O)c1ccccc1OC. The van der Waals surface area contributed by atoms with E-state index in [1.165, 1.54) is 26.4 Å². The molecule has 0 aliphatic heterocycles. The van der Waals surface area contributed by atoms with Crippen LogP contribution < -0.4 is 4.74 Å². The highest BCUT2D eigenvalue weighted by molar-refractivity contribution is 5.92. The Morgan fingerprint density at radius 1 is 1.17 bits per heavy atom. The molecule has 0 aliphatic rings. The predicted molar refractivity (Wildman–Crippen MR) is 88.5 cm³/mol. The number of benzene rings is 1. The van der Waals surface area contributed by atoms with E-state index in [2.05, 4.69) is 13.8 Å². The van der Waals surface area contributed by atoms with Crippen LogP contribution in [0.3, 0.4) is 0 Å². The smallest absolute Gasteiger partial charge is 0.376 e. The zero-order valence-corrected chi connectivity index (χ0v) is 14.4. The number of rotatable bonds is 12. The molecule has 0 spiro atoms. The molecule has 1 aromatic carbocycles. The van der Waals surface area contributed by atoms with E-state index in [0.29, 0.717) is 23.8 Å². The lowest BCUT2D eigenvalue weighted by molar-refractivity contribution is -0.247. The van der Waals surface area contributed by atoms with Gasteiger partial charge in [0.15, 0.2) is 0 Å². The van der Waals surface area contributed by atoms with Crippen LogP contribution in [0.1, 0.15) is 49.9 Å². The van der Waals surface area contributed by atoms with Gasteiger partial charge in [0, 0.05) is 6.61 Å². The molecule has 0 heterocycles. The van der Waals surface area contributed by atoms with E-state index in [-0.39, 0.29) is 6.61 Å². The van der Waals surface area contributed by atoms with Crippen molar-refractivity contribution in [2.75, 3.05) is 26.9 Å². The van der Waals surface area contributed by atoms with Crippen molar-refractivity contribution >= 4 is 5.97 Å². The molecule has 1 atom stereocenters. The van der Waals surface area contributed by atoms with Crippen LogP contribution >= 0.6 is 0 Å². The molecule has 5 heteroatoms. The van der Waals surface area contributed by atoms with Crippen LogP contribution in [0, 0.1) is 5.92 Å². The van der Waals surface area contributed by atoms with Crippen molar-refractivity contribution in [1.82, 2.24) is 0 Å². The molecule has 0 saturated carbocycles. The summed E-state index contributed by atoms with van der Waals surface area (Å²) in [5, 5.41) is 0. The average Bonchev–Trinajstić information content (AvgIpc) is 2.60. The second-order valence-electron chi connectivity index (χ2n) is 5.38. The fourth-order valence-corrected chi connectivity index (χ4v) is 2.19. The van der Waals surface area contributed by atoms with Gasteiger partial charge >= 0.3 is 5.97 Å². The maximum absolute atomic E-state index is 11.9. The lowest BCUT2D eigenvalue weighted by atomic mass is 10.0. The fraction of sp³-hybridized carbons (Fsp3) is 0.611. The molecule has 130 valence electrons. The normalized spacial score (nSPS) is 12.0. The molecule has 1 unspecified atom stereocenters. The highest BCUT2D eigenvalue weighted by atomic mass is 17.2. The van der Waals surface area contributed by atoms with Crippen molar-refractivity contribution in [3.05, 3.63) is 29.8 Å². The van der Waals surface area contributed by atoms with Crippen molar-refractivity contribution < 1.29 is 24.0 Å². The first-order valence-corrected chi connectivity index (χ1v) is 8.27. The third-order valence-corrected chi connectivity index (χ3v) is 3.67. The molecule has 0 aliphatic carbocycles. The maximum Gasteiger partial charge on any atom is 0.376 e. The third-order valence-electron chi connectivity index (χ3n) is 3.67. The van der Waals surface area contributed by atoms with Crippen LogP contribution in [0.15, 0.2) is 24.3 Å². The number of unbranched alkanes of at least 4 members (excludes halogenated alkanes) is 1. The van der Waals surface area contributed by atoms with Gasteiger partial charge in [0.1, 0.15) is 17.9 Å². The maximum atomic E-state index is 11.9. The number of hydrogen-bond acceptors (Lipinski definition) is 5. The summed E-state index contributed by atoms with van der Waals surface area (Å²) in [5.74, 6) is 0.474. The fourth-order valence-electron chi connectivity index (χ4n) is 2.19. The van der Waals surface area contributed by atoms with Gasteiger partial charge in [-0.25, -0.2) is 4.79 Å². The van der Waals surface area contributed by atoms with Crippen LogP contribution in [0.2, 0.25) is 0 Å². The van der Waals surface area contributed by atoms with Gasteiger partial charge in [0.2, 0.25) is 0 Å². The number of hydrogen-bond donors (Lipinski definition) is 0. The summed E-state index contributed by atoms with van der Waals surface area (Å²) >= 11 is 0. The first-order valence-electron chi connectivity index (χ1n) is 8.27. The Labute approximate surface area is 138 Å². The summed E-state index contributed by atoms with van der Waals surface area (Å²) in [6.07, 6.45) is 4.74. The Morgan fingerprint density at radius 2 is 1.96 bits per heavy atom. The van der Waals surface area contributed by atoms with E-state index >= 15 is 0 Å². The number of carbonyl (C=O) groups is 1. The minimum absolute atomic E-state index is 0.213. The molecule has 0 N–H and O–H groups in total. The highest BCUT2D eigenvalue weighted by Gasteiger charge is 2.14. The van der Waals surface area contributed by atoms with E-state index in [0.717, 1.165) is 13.0 Å². The minimum Gasteiger partial charge on any atom is -0.496 e. The van der Waals surface area contributed by atoms with Gasteiger partial charge in [0.05, 0.1) is 13.7 Å². The minimum atomic E-state index is -0.572. The zero-order chi connectivity index (χ0) is 16.9. The molecule has 0 radical (unpaired) electrons. The van der Waals surface area contributed by atoms with E-state index in [4.69, 9.17) is 19.2 Å². The van der Waals surface area contributed by atoms with Gasteiger partial charge in [-0.1, -0.05) is 45.2 Å². The Balaban J connectivity index is 2.18. The van der Waals surface area contributed by atoms with Gasteiger partial charge in [-0.15, -0.1) is 0 Å². The topological polar surface area (TPSA) is 54.0 Å². The molecule has 0 bridgehead atoms. The molecular formula is C18H28O5. The van der Waals surface area contributed by atoms with Crippen molar-refractivity contribution in [2.24, 2.45) is 5.92 Å². The molecule has 5 nitrogen and oxygen atoms in total. The van der Waals surface area contributed by atoms with Crippen molar-refractivity contribution in [3.63, 3.8) is 0 Å². The van der Waals surface area contributed by atoms with Gasteiger partial charge in [-0.3, -0.25) is 4.89 Å². The summed E-state index contributed by atoms with van der Waals surface area (Å²) in [6, 6.07) is 6.85. The summed E-state index contributed by atoms with van der Waals surface area (Å²) in [5.41, 5.74) is 0.335. The summed E-state index contributed by atoms with van der Waals surface area (Å²) in [6.45, 7) is 5.71. The molecule has 0 saturated heterocycles. The van der Waals surface area contributed by atoms with Crippen LogP contribution in [-0.2, 0) is 14.5 Å². The summed E-state index contributed by atoms with van der Waals surface area (Å²) in [4.78, 5) is 21.5. The van der Waals surface area contributed by atoms with E-state index < -0.39 is 5.97 Å². The Bertz CT molecular complexity index is 447. The number of carbonyl (C=O) groups excluding carboxylic acids is 1. The van der Waals surface area contributed by atoms with Gasteiger partial charge in [-0.05, 0) is 24.5 Å². The summed E-state index contributed by atoms with van der Waals surface area (Å²) < 4.78 is 10.7. The monoisotopic (exact) mass is 324 g/mol. The van der Waals surface area contributed by atoms with E-state index in [1.807, 2.05) is 0 Å². The summed E-state index contributed by atoms with van der Waals surface area (Å²) in [7, 11) is 1.50. The molecular weight excluding hydrogens is 296 g/mol. The van der Waals surface area contributed by atoms with E-state index in [9.17, 15) is 4.79 Å². The first-order chi connectivity index (χ1) is 11.2. The van der Waals surface area contributed by atoms with E-state index in [1.54, 1.807) is 24.3 Å². The van der Waals surface area contributed by atoms with Crippen molar-refractivity contribution in [1.29, 1.82) is 0 Å². The molecule has 0 amide bonds. The lowest BCUT2D eigenvalue weighted by Gasteiger charge is -2.14. The highest BCUT2D eigenvalue weighted by Crippen LogP contribution is 2.18. The van der Waals surface area contributed by atoms with Crippen LogP contribution in [-0.4, -0.2) is 32.9 Å². The molecule has 0 fully saturated rings. The average molecular weight is 324 g/mol. The second-order valence-corrected chi connectivity index (χ2v) is 5.38. The quantitative estimate of drug-likeness (QED) is 0.330. The lowest BCUT2D eigenvalue weighted by Crippen LogP contribution is -2.14. The van der Waals surface area contributed by atoms with Crippen molar-refractivity contribution in [2.45, 2.75) is 39.5 Å². The van der Waals surface area contributed by atoms with Crippen molar-refractivity contribution in [3.8, 4) is 5.75 Å². The molecule has 0 aromatic heterocycles. The van der Waals surface area contributed by atoms with Gasteiger partial charge < -0.3 is 9.47 Å². The predicted octanol–water partition coefficient (Wildman–Crippen LogP) is 4.02. The second kappa shape index (κ2) is 11.9. The van der Waals surface area contributed by atoms with Crippen LogP contribution in [0.25, 0.3) is 0 Å². The van der Waals surface area contributed by atoms with Crippen LogP contribution in [0.5, 0.6) is 5.75 Å². The number of ether oxygens (including phenoxy) is 2. The van der Waals surface area contributed by atoms with Crippen LogP contribution in [0.4, 0.5) is 0 Å². The van der Waals surface area contributed by atoms with Gasteiger partial charge in [0.25, 0.3) is 0 Å². The standard InChI is InChI=1S/C18H28O5/c1-4-6-9-15(5-2)14-21-12-13-22-23-18(19)16-10-7-8-11-17(16)20-3/h7-8,10-11,15H,4-6,9,12-14H2,1-3H3. The van der Waals surface area contributed by atoms with Gasteiger partial charge in [-0.2, -0.15) is 4.89 Å². The third kappa shape index (κ3) is 7.48. The molecule has 1 aromatic rings. The zero-order valence-electron chi connectivity index (χ0n) is 14.4. The first kappa shape index (κ1) is 19.5. The molecule has 23 heavy (non-hydrogen) atoms. The Morgan fingerprint density at radius 3 is 2.65 bits per heavy atom. The molecule has 1 rings (SSSR count). The Kier molecular flexibility index (Phi) is 10.1. The largest absolute Gasteiger partial charge is 0.496 e. The number of methoxy groups -OCH3 is 1.